The lowest BCUT2D eigenvalue weighted by molar-refractivity contribution is -0.359. The van der Waals surface area contributed by atoms with E-state index >= 15 is 0 Å². The SMILES string of the molecule is CCCCCCCCCCCCCCCCCCCCCCCCCCCC/C=C/CC/C=C/C(O)C(COC1OC(CO)C(OC2OC(CO)C(O)C(O)C2O)C(O)C1O)NC(=O)CCCCCCCCCCCCCCCCCCCCCCCCCCCCCCCCCCCCCCCCCC. The smallest absolute Gasteiger partial charge is 0.220 e. The lowest BCUT2D eigenvalue weighted by atomic mass is 9.97. The Labute approximate surface area is 653 Å². The van der Waals surface area contributed by atoms with Crippen LogP contribution in [0, 0.1) is 0 Å². The number of rotatable bonds is 81. The first kappa shape index (κ1) is 101. The fourth-order valence-corrected chi connectivity index (χ4v) is 15.8. The Morgan fingerprint density at radius 3 is 0.925 bits per heavy atom. The minimum absolute atomic E-state index is 0.238. The molecule has 1 amide bonds. The van der Waals surface area contributed by atoms with Gasteiger partial charge in [-0.2, -0.15) is 0 Å². The van der Waals surface area contributed by atoms with Crippen LogP contribution in [0.25, 0.3) is 0 Å². The lowest BCUT2D eigenvalue weighted by Gasteiger charge is -2.46. The first-order chi connectivity index (χ1) is 52.1. The fourth-order valence-electron chi connectivity index (χ4n) is 15.8. The molecule has 0 aromatic carbocycles. The molecule has 0 spiro atoms. The third-order valence-electron chi connectivity index (χ3n) is 23.1. The Morgan fingerprint density at radius 2 is 0.604 bits per heavy atom. The number of aliphatic hydroxyl groups excluding tert-OH is 8. The summed E-state index contributed by atoms with van der Waals surface area (Å²) >= 11 is 0. The van der Waals surface area contributed by atoms with Gasteiger partial charge in [-0.05, 0) is 32.1 Å². The van der Waals surface area contributed by atoms with E-state index in [1.54, 1.807) is 6.08 Å². The van der Waals surface area contributed by atoms with Crippen LogP contribution >= 0.6 is 0 Å². The molecule has 2 heterocycles. The molecule has 628 valence electrons. The molecule has 2 aliphatic rings. The number of allylic oxidation sites excluding steroid dienone is 3. The van der Waals surface area contributed by atoms with Gasteiger partial charge >= 0.3 is 0 Å². The van der Waals surface area contributed by atoms with Crippen molar-refractivity contribution in [1.29, 1.82) is 0 Å². The molecule has 2 saturated heterocycles. The highest BCUT2D eigenvalue weighted by molar-refractivity contribution is 5.76. The third kappa shape index (κ3) is 57.5. The number of hydrogen-bond donors (Lipinski definition) is 9. The number of nitrogens with one attached hydrogen (secondary N) is 1. The Balaban J connectivity index is 1.55. The van der Waals surface area contributed by atoms with E-state index in [4.69, 9.17) is 18.9 Å². The first-order valence-corrected chi connectivity index (χ1v) is 46.6. The molecule has 2 aliphatic heterocycles. The molecule has 106 heavy (non-hydrogen) atoms. The second kappa shape index (κ2) is 76.1. The molecular formula is C92H177NO13. The van der Waals surface area contributed by atoms with Crippen LogP contribution in [0.4, 0.5) is 0 Å². The van der Waals surface area contributed by atoms with Crippen molar-refractivity contribution in [1.82, 2.24) is 5.32 Å². The maximum absolute atomic E-state index is 13.4. The van der Waals surface area contributed by atoms with Crippen molar-refractivity contribution in [2.75, 3.05) is 19.8 Å². The number of aliphatic hydroxyl groups is 8. The zero-order chi connectivity index (χ0) is 76.5. The molecule has 2 fully saturated rings. The van der Waals surface area contributed by atoms with Crippen LogP contribution in [0.1, 0.15) is 463 Å². The average molecular weight is 1510 g/mol. The van der Waals surface area contributed by atoms with Crippen molar-refractivity contribution < 1.29 is 64.6 Å². The molecular weight excluding hydrogens is 1330 g/mol. The molecule has 9 N–H and O–H groups in total. The van der Waals surface area contributed by atoms with Gasteiger partial charge in [-0.25, -0.2) is 0 Å². The average Bonchev–Trinajstić information content (AvgIpc) is 0.789. The summed E-state index contributed by atoms with van der Waals surface area (Å²) in [6.07, 6.45) is 84.7. The van der Waals surface area contributed by atoms with E-state index < -0.39 is 86.8 Å². The highest BCUT2D eigenvalue weighted by Crippen LogP contribution is 2.31. The highest BCUT2D eigenvalue weighted by atomic mass is 16.7. The zero-order valence-electron chi connectivity index (χ0n) is 69.5. The van der Waals surface area contributed by atoms with Crippen LogP contribution in [0.3, 0.4) is 0 Å². The molecule has 12 atom stereocenters. The summed E-state index contributed by atoms with van der Waals surface area (Å²) < 4.78 is 23.0. The Bertz CT molecular complexity index is 1870. The second-order valence-electron chi connectivity index (χ2n) is 33.1. The molecule has 0 aliphatic carbocycles. The summed E-state index contributed by atoms with van der Waals surface area (Å²) in [7, 11) is 0. The van der Waals surface area contributed by atoms with Gasteiger partial charge in [0, 0.05) is 6.42 Å². The monoisotopic (exact) mass is 1500 g/mol. The van der Waals surface area contributed by atoms with E-state index in [1.807, 2.05) is 6.08 Å². The van der Waals surface area contributed by atoms with Gasteiger partial charge < -0.3 is 65.1 Å². The standard InChI is InChI=1S/C92H177NO13/c1-3-5-7-9-11-13-15-17-19-21-23-25-27-29-31-33-35-37-38-39-40-41-42-43-44-46-48-50-52-54-56-58-60-62-64-66-68-70-72-74-76-84(97)93-80(79-103-91-89(102)87(100)90(83(78-95)105-91)106-92-88(101)86(99)85(98)82(77-94)104-92)81(96)75-73-71-69-67-65-63-61-59-57-55-53-51-49-47-45-36-34-32-30-28-26-24-22-20-18-16-14-12-10-8-6-4-2/h65,67,73,75,80-83,85-92,94-96,98-102H,3-64,66,68-72,74,76-79H2,1-2H3,(H,93,97)/b67-65+,75-73+. The molecule has 0 aromatic rings. The largest absolute Gasteiger partial charge is 0.394 e. The molecule has 12 unspecified atom stereocenters. The van der Waals surface area contributed by atoms with Gasteiger partial charge in [-0.1, -0.05) is 449 Å². The molecule has 14 heteroatoms. The van der Waals surface area contributed by atoms with Crippen LogP contribution in [0.2, 0.25) is 0 Å². The normalized spacial score (nSPS) is 21.3. The Morgan fingerprint density at radius 1 is 0.330 bits per heavy atom. The van der Waals surface area contributed by atoms with Gasteiger partial charge in [0.15, 0.2) is 12.6 Å². The molecule has 2 rings (SSSR count). The fraction of sp³-hybridized carbons (Fsp3) is 0.946. The summed E-state index contributed by atoms with van der Waals surface area (Å²) in [4.78, 5) is 13.4. The van der Waals surface area contributed by atoms with Crippen LogP contribution in [0.5, 0.6) is 0 Å². The first-order valence-electron chi connectivity index (χ1n) is 46.6. The van der Waals surface area contributed by atoms with E-state index in [9.17, 15) is 45.6 Å². The maximum Gasteiger partial charge on any atom is 0.220 e. The van der Waals surface area contributed by atoms with E-state index in [-0.39, 0.29) is 18.9 Å². The van der Waals surface area contributed by atoms with Crippen molar-refractivity contribution >= 4 is 5.91 Å². The van der Waals surface area contributed by atoms with Crippen molar-refractivity contribution in [3.63, 3.8) is 0 Å². The number of carbonyl (C=O) groups excluding carboxylic acids is 1. The highest BCUT2D eigenvalue weighted by Gasteiger charge is 2.51. The predicted octanol–water partition coefficient (Wildman–Crippen LogP) is 22.9. The molecule has 0 radical (unpaired) electrons. The van der Waals surface area contributed by atoms with Crippen molar-refractivity contribution in [2.45, 2.75) is 537 Å². The third-order valence-corrected chi connectivity index (χ3v) is 23.1. The van der Waals surface area contributed by atoms with Gasteiger partial charge in [0.25, 0.3) is 0 Å². The number of unbranched alkanes of at least 4 members (excludes halogenated alkanes) is 66. The quantitative estimate of drug-likeness (QED) is 0.0204. The summed E-state index contributed by atoms with van der Waals surface area (Å²) in [6, 6.07) is -0.932. The topological polar surface area (TPSA) is 228 Å². The minimum Gasteiger partial charge on any atom is -0.394 e. The summed E-state index contributed by atoms with van der Waals surface area (Å²) in [5.41, 5.74) is 0. The second-order valence-corrected chi connectivity index (χ2v) is 33.1. The van der Waals surface area contributed by atoms with E-state index in [1.165, 1.54) is 398 Å². The van der Waals surface area contributed by atoms with Crippen LogP contribution in [-0.2, 0) is 23.7 Å². The van der Waals surface area contributed by atoms with Crippen molar-refractivity contribution in [3.05, 3.63) is 24.3 Å². The minimum atomic E-state index is -1.79. The van der Waals surface area contributed by atoms with Gasteiger partial charge in [0.05, 0.1) is 32.0 Å². The van der Waals surface area contributed by atoms with Gasteiger partial charge in [-0.3, -0.25) is 4.79 Å². The maximum atomic E-state index is 13.4. The van der Waals surface area contributed by atoms with E-state index in [0.29, 0.717) is 12.8 Å². The molecule has 0 saturated carbocycles. The Hall–Kier alpha value is -1.53. The Kier molecular flexibility index (Phi) is 72.2. The van der Waals surface area contributed by atoms with Gasteiger partial charge in [0.2, 0.25) is 5.91 Å². The van der Waals surface area contributed by atoms with Crippen LogP contribution in [-0.4, -0.2) is 140 Å². The molecule has 0 bridgehead atoms. The van der Waals surface area contributed by atoms with Crippen molar-refractivity contribution in [2.24, 2.45) is 0 Å². The molecule has 14 nitrogen and oxygen atoms in total. The van der Waals surface area contributed by atoms with E-state index in [0.717, 1.165) is 32.1 Å². The number of amides is 1. The van der Waals surface area contributed by atoms with Crippen LogP contribution in [0.15, 0.2) is 24.3 Å². The predicted molar refractivity (Wildman–Crippen MR) is 443 cm³/mol. The van der Waals surface area contributed by atoms with Crippen molar-refractivity contribution in [3.8, 4) is 0 Å². The lowest BCUT2D eigenvalue weighted by Crippen LogP contribution is -2.65. The summed E-state index contributed by atoms with van der Waals surface area (Å²) in [6.45, 7) is 2.87. The number of hydrogen-bond acceptors (Lipinski definition) is 13. The van der Waals surface area contributed by atoms with Crippen LogP contribution < -0.4 is 5.32 Å². The summed E-state index contributed by atoms with van der Waals surface area (Å²) in [5.74, 6) is -0.238. The van der Waals surface area contributed by atoms with E-state index in [2.05, 4.69) is 31.3 Å². The van der Waals surface area contributed by atoms with Gasteiger partial charge in [0.1, 0.15) is 48.8 Å². The molecule has 0 aromatic heterocycles. The summed E-state index contributed by atoms with van der Waals surface area (Å²) in [5, 5.41) is 87.9. The number of ether oxygens (including phenoxy) is 4. The zero-order valence-corrected chi connectivity index (χ0v) is 69.5. The number of carbonyl (C=O) groups is 1. The van der Waals surface area contributed by atoms with Gasteiger partial charge in [-0.15, -0.1) is 0 Å².